The lowest BCUT2D eigenvalue weighted by atomic mass is 10.1. The molecule has 3 N–H and O–H groups in total. The molecule has 0 aliphatic carbocycles. The van der Waals surface area contributed by atoms with Gasteiger partial charge in [-0.2, -0.15) is 0 Å². The second kappa shape index (κ2) is 9.79. The summed E-state index contributed by atoms with van der Waals surface area (Å²) in [6, 6.07) is 8.10. The molecule has 1 aromatic rings. The number of rotatable bonds is 6. The minimum atomic E-state index is -0.0269. The van der Waals surface area contributed by atoms with Gasteiger partial charge in [-0.3, -0.25) is 9.69 Å². The van der Waals surface area contributed by atoms with Gasteiger partial charge in [0.25, 0.3) is 0 Å². The Morgan fingerprint density at radius 3 is 2.27 bits per heavy atom. The molecular formula is C16H27ClN4O. The number of carbonyl (C=O) groups excluding carboxylic acids is 1. The van der Waals surface area contributed by atoms with E-state index in [1.807, 2.05) is 12.1 Å². The Bertz CT molecular complexity index is 444. The van der Waals surface area contributed by atoms with Crippen LogP contribution in [-0.4, -0.2) is 55.0 Å². The number of nitrogens with two attached hydrogens (primary N) is 1. The van der Waals surface area contributed by atoms with Gasteiger partial charge in [0.2, 0.25) is 5.91 Å². The lowest BCUT2D eigenvalue weighted by molar-refractivity contribution is -0.116. The summed E-state index contributed by atoms with van der Waals surface area (Å²) >= 11 is 0. The molecule has 1 saturated heterocycles. The van der Waals surface area contributed by atoms with E-state index in [4.69, 9.17) is 5.73 Å². The number of nitrogens with zero attached hydrogens (tertiary/aromatic N) is 2. The van der Waals surface area contributed by atoms with Crippen molar-refractivity contribution in [1.29, 1.82) is 0 Å². The number of likely N-dealkylation sites (N-methyl/N-ethyl adjacent to an activating group) is 1. The van der Waals surface area contributed by atoms with Gasteiger partial charge in [-0.15, -0.1) is 12.4 Å². The molecule has 2 rings (SSSR count). The number of amides is 1. The summed E-state index contributed by atoms with van der Waals surface area (Å²) in [5, 5.41) is 2.85. The summed E-state index contributed by atoms with van der Waals surface area (Å²) in [5.41, 5.74) is 7.49. The van der Waals surface area contributed by atoms with E-state index in [1.54, 1.807) is 0 Å². The SMILES string of the molecule is CCN1CCN(Cc2ccc(NC(=O)CCN)cc2)CC1.Cl. The van der Waals surface area contributed by atoms with Gasteiger partial charge in [0.15, 0.2) is 0 Å². The zero-order valence-corrected chi connectivity index (χ0v) is 14.1. The highest BCUT2D eigenvalue weighted by molar-refractivity contribution is 5.90. The van der Waals surface area contributed by atoms with Gasteiger partial charge in [-0.05, 0) is 24.2 Å². The van der Waals surface area contributed by atoms with Gasteiger partial charge in [-0.25, -0.2) is 0 Å². The van der Waals surface area contributed by atoms with Crippen molar-refractivity contribution in [3.8, 4) is 0 Å². The maximum absolute atomic E-state index is 11.5. The van der Waals surface area contributed by atoms with Gasteiger partial charge in [0, 0.05) is 51.4 Å². The molecule has 0 radical (unpaired) electrons. The molecule has 0 atom stereocenters. The molecule has 1 aliphatic heterocycles. The van der Waals surface area contributed by atoms with E-state index < -0.39 is 0 Å². The maximum Gasteiger partial charge on any atom is 0.225 e. The van der Waals surface area contributed by atoms with Crippen molar-refractivity contribution in [2.24, 2.45) is 5.73 Å². The number of halogens is 1. The predicted octanol–water partition coefficient (Wildman–Crippen LogP) is 1.53. The van der Waals surface area contributed by atoms with Crippen molar-refractivity contribution in [1.82, 2.24) is 9.80 Å². The first-order chi connectivity index (χ1) is 10.2. The van der Waals surface area contributed by atoms with E-state index in [0.717, 1.165) is 45.0 Å². The van der Waals surface area contributed by atoms with Crippen molar-refractivity contribution in [2.45, 2.75) is 19.9 Å². The summed E-state index contributed by atoms with van der Waals surface area (Å²) in [7, 11) is 0. The van der Waals surface area contributed by atoms with Crippen molar-refractivity contribution in [3.05, 3.63) is 29.8 Å². The van der Waals surface area contributed by atoms with Crippen LogP contribution in [0.15, 0.2) is 24.3 Å². The second-order valence-electron chi connectivity index (χ2n) is 5.49. The van der Waals surface area contributed by atoms with Crippen molar-refractivity contribution in [3.63, 3.8) is 0 Å². The van der Waals surface area contributed by atoms with Crippen LogP contribution in [0, 0.1) is 0 Å². The Balaban J connectivity index is 0.00000242. The second-order valence-corrected chi connectivity index (χ2v) is 5.49. The number of benzene rings is 1. The van der Waals surface area contributed by atoms with Gasteiger partial charge in [0.1, 0.15) is 0 Å². The van der Waals surface area contributed by atoms with Crippen LogP contribution in [0.4, 0.5) is 5.69 Å². The highest BCUT2D eigenvalue weighted by atomic mass is 35.5. The Hall–Kier alpha value is -1.14. The Morgan fingerprint density at radius 1 is 1.14 bits per heavy atom. The number of hydrogen-bond acceptors (Lipinski definition) is 4. The minimum absolute atomic E-state index is 0. The third kappa shape index (κ3) is 5.93. The summed E-state index contributed by atoms with van der Waals surface area (Å²) < 4.78 is 0. The molecule has 0 spiro atoms. The van der Waals surface area contributed by atoms with E-state index in [-0.39, 0.29) is 18.3 Å². The van der Waals surface area contributed by atoms with Crippen LogP contribution < -0.4 is 11.1 Å². The molecule has 6 heteroatoms. The first kappa shape index (κ1) is 18.9. The quantitative estimate of drug-likeness (QED) is 0.832. The molecule has 1 aliphatic rings. The van der Waals surface area contributed by atoms with E-state index in [2.05, 4.69) is 34.2 Å². The molecule has 0 unspecified atom stereocenters. The number of anilines is 1. The Kier molecular flexibility index (Phi) is 8.42. The van der Waals surface area contributed by atoms with Crippen LogP contribution in [0.25, 0.3) is 0 Å². The van der Waals surface area contributed by atoms with Gasteiger partial charge >= 0.3 is 0 Å². The Morgan fingerprint density at radius 2 is 1.73 bits per heavy atom. The average Bonchev–Trinajstić information content (AvgIpc) is 2.50. The standard InChI is InChI=1S/C16H26N4O.ClH/c1-2-19-9-11-20(12-10-19)13-14-3-5-15(6-4-14)18-16(21)7-8-17;/h3-6H,2,7-13,17H2,1H3,(H,18,21);1H. The summed E-state index contributed by atoms with van der Waals surface area (Å²) in [5.74, 6) is -0.0269. The Labute approximate surface area is 139 Å². The third-order valence-corrected chi connectivity index (χ3v) is 3.93. The third-order valence-electron chi connectivity index (χ3n) is 3.93. The monoisotopic (exact) mass is 326 g/mol. The zero-order valence-electron chi connectivity index (χ0n) is 13.3. The van der Waals surface area contributed by atoms with Gasteiger partial charge < -0.3 is 16.0 Å². The molecule has 22 heavy (non-hydrogen) atoms. The first-order valence-electron chi connectivity index (χ1n) is 7.75. The first-order valence-corrected chi connectivity index (χ1v) is 7.75. The normalized spacial score (nSPS) is 16.1. The summed E-state index contributed by atoms with van der Waals surface area (Å²) in [6.07, 6.45) is 0.365. The highest BCUT2D eigenvalue weighted by Gasteiger charge is 2.15. The lowest BCUT2D eigenvalue weighted by Gasteiger charge is -2.34. The molecule has 1 heterocycles. The fourth-order valence-corrected chi connectivity index (χ4v) is 2.57. The van der Waals surface area contributed by atoms with E-state index in [9.17, 15) is 4.79 Å². The molecular weight excluding hydrogens is 300 g/mol. The molecule has 0 aromatic heterocycles. The van der Waals surface area contributed by atoms with Gasteiger partial charge in [-0.1, -0.05) is 19.1 Å². The lowest BCUT2D eigenvalue weighted by Crippen LogP contribution is -2.45. The molecule has 1 aromatic carbocycles. The van der Waals surface area contributed by atoms with E-state index in [0.29, 0.717) is 13.0 Å². The van der Waals surface area contributed by atoms with Crippen LogP contribution in [-0.2, 0) is 11.3 Å². The van der Waals surface area contributed by atoms with Crippen LogP contribution in [0.1, 0.15) is 18.9 Å². The van der Waals surface area contributed by atoms with Crippen molar-refractivity contribution < 1.29 is 4.79 Å². The van der Waals surface area contributed by atoms with Gasteiger partial charge in [0.05, 0.1) is 0 Å². The van der Waals surface area contributed by atoms with Crippen LogP contribution in [0.3, 0.4) is 0 Å². The fraction of sp³-hybridized carbons (Fsp3) is 0.562. The molecule has 1 fully saturated rings. The van der Waals surface area contributed by atoms with Crippen molar-refractivity contribution >= 4 is 24.0 Å². The van der Waals surface area contributed by atoms with Crippen molar-refractivity contribution in [2.75, 3.05) is 44.6 Å². The maximum atomic E-state index is 11.5. The molecule has 5 nitrogen and oxygen atoms in total. The van der Waals surface area contributed by atoms with Crippen LogP contribution >= 0.6 is 12.4 Å². The average molecular weight is 327 g/mol. The smallest absolute Gasteiger partial charge is 0.225 e. The summed E-state index contributed by atoms with van der Waals surface area (Å²) in [6.45, 7) is 9.29. The van der Waals surface area contributed by atoms with E-state index in [1.165, 1.54) is 5.56 Å². The van der Waals surface area contributed by atoms with Crippen LogP contribution in [0.5, 0.6) is 0 Å². The van der Waals surface area contributed by atoms with E-state index >= 15 is 0 Å². The molecule has 0 saturated carbocycles. The topological polar surface area (TPSA) is 61.6 Å². The largest absolute Gasteiger partial charge is 0.330 e. The highest BCUT2D eigenvalue weighted by Crippen LogP contribution is 2.13. The zero-order chi connectivity index (χ0) is 15.1. The number of hydrogen-bond donors (Lipinski definition) is 2. The molecule has 124 valence electrons. The molecule has 0 bridgehead atoms. The minimum Gasteiger partial charge on any atom is -0.330 e. The number of piperazine rings is 1. The summed E-state index contributed by atoms with van der Waals surface area (Å²) in [4.78, 5) is 16.4. The molecule has 1 amide bonds. The number of carbonyl (C=O) groups is 1. The van der Waals surface area contributed by atoms with Crippen LogP contribution in [0.2, 0.25) is 0 Å². The number of nitrogens with one attached hydrogen (secondary N) is 1. The predicted molar refractivity (Wildman–Crippen MR) is 93.4 cm³/mol. The fourth-order valence-electron chi connectivity index (χ4n) is 2.57.